The van der Waals surface area contributed by atoms with Crippen molar-refractivity contribution in [1.29, 1.82) is 0 Å². The van der Waals surface area contributed by atoms with E-state index in [1.807, 2.05) is 29.7 Å². The number of aryl methyl sites for hydroxylation is 2. The van der Waals surface area contributed by atoms with Gasteiger partial charge in [0.1, 0.15) is 5.65 Å². The van der Waals surface area contributed by atoms with Crippen LogP contribution in [0.1, 0.15) is 11.4 Å². The van der Waals surface area contributed by atoms with E-state index in [-0.39, 0.29) is 0 Å². The van der Waals surface area contributed by atoms with E-state index >= 15 is 0 Å². The Kier molecular flexibility index (Phi) is 1.22. The fraction of sp³-hybridized carbons (Fsp3) is 0.222. The lowest BCUT2D eigenvalue weighted by atomic mass is 10.4. The lowest BCUT2D eigenvalue weighted by molar-refractivity contribution is 1.09. The van der Waals surface area contributed by atoms with Crippen LogP contribution in [0.3, 0.4) is 0 Å². The summed E-state index contributed by atoms with van der Waals surface area (Å²) in [7, 11) is 0. The molecule has 0 aliphatic rings. The average Bonchev–Trinajstić information content (AvgIpc) is 2.30. The zero-order valence-corrected chi connectivity index (χ0v) is 6.63. The Balaban J connectivity index is 2.92. The van der Waals surface area contributed by atoms with Crippen molar-refractivity contribution < 1.29 is 0 Å². The minimum atomic E-state index is 0.905. The summed E-state index contributed by atoms with van der Waals surface area (Å²) in [5.74, 6) is 0. The Labute approximate surface area is 65.5 Å². The van der Waals surface area contributed by atoms with Crippen molar-refractivity contribution in [2.75, 3.05) is 0 Å². The first-order valence-electron chi connectivity index (χ1n) is 3.61. The summed E-state index contributed by atoms with van der Waals surface area (Å²) < 4.78 is 2.04. The van der Waals surface area contributed by atoms with Gasteiger partial charge in [-0.15, -0.1) is 0 Å². The number of rotatable bonds is 0. The quantitative estimate of drug-likeness (QED) is 0.552. The molecule has 0 aliphatic carbocycles. The van der Waals surface area contributed by atoms with Gasteiger partial charge in [-0.1, -0.05) is 0 Å². The number of pyridine rings is 1. The summed E-state index contributed by atoms with van der Waals surface area (Å²) in [6, 6.07) is 6.90. The Morgan fingerprint density at radius 3 is 3.00 bits per heavy atom. The molecule has 2 heteroatoms. The number of nitrogens with zero attached hydrogens (tertiary/aromatic N) is 2. The van der Waals surface area contributed by atoms with Gasteiger partial charge in [0.15, 0.2) is 0 Å². The van der Waals surface area contributed by atoms with E-state index in [1.54, 1.807) is 0 Å². The van der Waals surface area contributed by atoms with Crippen LogP contribution in [0.4, 0.5) is 0 Å². The van der Waals surface area contributed by atoms with E-state index in [0.717, 1.165) is 11.3 Å². The summed E-state index contributed by atoms with van der Waals surface area (Å²) in [5.41, 5.74) is 3.17. The molecule has 0 atom stereocenters. The van der Waals surface area contributed by atoms with E-state index < -0.39 is 0 Å². The number of fused-ring (bicyclic) bond motifs is 1. The number of aromatic nitrogens is 2. The van der Waals surface area contributed by atoms with Crippen LogP contribution in [0.15, 0.2) is 18.3 Å². The molecule has 0 bridgehead atoms. The molecule has 0 unspecified atom stereocenters. The summed E-state index contributed by atoms with van der Waals surface area (Å²) in [5, 5.41) is 0. The molecule has 1 radical (unpaired) electrons. The Morgan fingerprint density at radius 1 is 1.45 bits per heavy atom. The van der Waals surface area contributed by atoms with Gasteiger partial charge < -0.3 is 4.40 Å². The van der Waals surface area contributed by atoms with Crippen LogP contribution in [0.5, 0.6) is 0 Å². The topological polar surface area (TPSA) is 17.3 Å². The average molecular weight is 145 g/mol. The number of hydrogen-bond donors (Lipinski definition) is 0. The van der Waals surface area contributed by atoms with E-state index in [1.165, 1.54) is 5.69 Å². The highest BCUT2D eigenvalue weighted by atomic mass is 15.0. The van der Waals surface area contributed by atoms with Crippen molar-refractivity contribution in [3.63, 3.8) is 0 Å². The molecule has 2 aromatic rings. The molecule has 0 saturated carbocycles. The predicted octanol–water partition coefficient (Wildman–Crippen LogP) is 1.75. The van der Waals surface area contributed by atoms with Crippen LogP contribution >= 0.6 is 0 Å². The summed E-state index contributed by atoms with van der Waals surface area (Å²) in [4.78, 5) is 4.32. The van der Waals surface area contributed by atoms with Crippen LogP contribution < -0.4 is 0 Å². The zero-order valence-electron chi connectivity index (χ0n) is 6.63. The van der Waals surface area contributed by atoms with Gasteiger partial charge in [0.2, 0.25) is 0 Å². The lowest BCUT2D eigenvalue weighted by Crippen LogP contribution is -1.84. The van der Waals surface area contributed by atoms with Gasteiger partial charge in [-0.3, -0.25) is 0 Å². The van der Waals surface area contributed by atoms with Gasteiger partial charge in [-0.25, -0.2) is 4.98 Å². The minimum absolute atomic E-state index is 0.905. The molecular formula is C9H9N2. The highest BCUT2D eigenvalue weighted by molar-refractivity contribution is 5.40. The molecule has 0 fully saturated rings. The molecule has 2 aromatic heterocycles. The number of hydrogen-bond acceptors (Lipinski definition) is 1. The lowest BCUT2D eigenvalue weighted by Gasteiger charge is -1.92. The first-order valence-corrected chi connectivity index (χ1v) is 3.61. The molecular weight excluding hydrogens is 136 g/mol. The van der Waals surface area contributed by atoms with E-state index in [2.05, 4.69) is 18.0 Å². The smallest absolute Gasteiger partial charge is 0.145 e. The van der Waals surface area contributed by atoms with Gasteiger partial charge in [-0.2, -0.15) is 0 Å². The molecule has 11 heavy (non-hydrogen) atoms. The molecule has 0 spiro atoms. The predicted molar refractivity (Wildman–Crippen MR) is 43.5 cm³/mol. The molecule has 0 aliphatic heterocycles. The van der Waals surface area contributed by atoms with Crippen LogP contribution in [-0.4, -0.2) is 9.38 Å². The van der Waals surface area contributed by atoms with Gasteiger partial charge in [-0.05, 0) is 26.0 Å². The third kappa shape index (κ3) is 0.827. The van der Waals surface area contributed by atoms with Gasteiger partial charge >= 0.3 is 0 Å². The maximum atomic E-state index is 4.32. The van der Waals surface area contributed by atoms with Crippen molar-refractivity contribution in [2.45, 2.75) is 13.8 Å². The minimum Gasteiger partial charge on any atom is -0.304 e. The van der Waals surface area contributed by atoms with Crippen molar-refractivity contribution in [3.8, 4) is 0 Å². The van der Waals surface area contributed by atoms with Gasteiger partial charge in [0.05, 0.1) is 5.69 Å². The second kappa shape index (κ2) is 2.09. The van der Waals surface area contributed by atoms with Crippen LogP contribution in [0.25, 0.3) is 5.65 Å². The molecule has 0 N–H and O–H groups in total. The largest absolute Gasteiger partial charge is 0.304 e. The molecule has 0 amide bonds. The van der Waals surface area contributed by atoms with E-state index in [0.29, 0.717) is 0 Å². The van der Waals surface area contributed by atoms with Gasteiger partial charge in [0.25, 0.3) is 0 Å². The zero-order chi connectivity index (χ0) is 7.84. The third-order valence-electron chi connectivity index (χ3n) is 1.93. The Hall–Kier alpha value is -1.31. The second-order valence-electron chi connectivity index (χ2n) is 2.63. The van der Waals surface area contributed by atoms with Crippen molar-refractivity contribution in [1.82, 2.24) is 9.38 Å². The van der Waals surface area contributed by atoms with Crippen LogP contribution in [-0.2, 0) is 0 Å². The SMILES string of the molecule is Cc1nc2[c]cccn2c1C. The normalized spacial score (nSPS) is 10.7. The van der Waals surface area contributed by atoms with Crippen molar-refractivity contribution >= 4 is 5.65 Å². The van der Waals surface area contributed by atoms with E-state index in [4.69, 9.17) is 0 Å². The highest BCUT2D eigenvalue weighted by Crippen LogP contribution is 2.08. The summed E-state index contributed by atoms with van der Waals surface area (Å²) in [6.07, 6.45) is 2.00. The Morgan fingerprint density at radius 2 is 2.27 bits per heavy atom. The van der Waals surface area contributed by atoms with E-state index in [9.17, 15) is 0 Å². The number of imidazole rings is 1. The van der Waals surface area contributed by atoms with Gasteiger partial charge in [0, 0.05) is 18.0 Å². The highest BCUT2D eigenvalue weighted by Gasteiger charge is 2.00. The first-order chi connectivity index (χ1) is 5.29. The summed E-state index contributed by atoms with van der Waals surface area (Å²) in [6.45, 7) is 4.07. The third-order valence-corrected chi connectivity index (χ3v) is 1.93. The molecule has 2 rings (SSSR count). The monoisotopic (exact) mass is 145 g/mol. The molecule has 2 heterocycles. The van der Waals surface area contributed by atoms with Crippen LogP contribution in [0, 0.1) is 19.9 Å². The fourth-order valence-corrected chi connectivity index (χ4v) is 1.16. The van der Waals surface area contributed by atoms with Crippen molar-refractivity contribution in [3.05, 3.63) is 35.8 Å². The van der Waals surface area contributed by atoms with Crippen molar-refractivity contribution in [2.24, 2.45) is 0 Å². The molecule has 55 valence electrons. The maximum absolute atomic E-state index is 4.32. The fourth-order valence-electron chi connectivity index (χ4n) is 1.16. The Bertz CT molecular complexity index is 387. The first kappa shape index (κ1) is 6.40. The van der Waals surface area contributed by atoms with Crippen LogP contribution in [0.2, 0.25) is 0 Å². The second-order valence-corrected chi connectivity index (χ2v) is 2.63. The summed E-state index contributed by atoms with van der Waals surface area (Å²) >= 11 is 0. The molecule has 0 aromatic carbocycles. The molecule has 0 saturated heterocycles. The maximum Gasteiger partial charge on any atom is 0.145 e. The molecule has 2 nitrogen and oxygen atoms in total. The standard InChI is InChI=1S/C9H9N2/c1-7-8(2)11-6-4-3-5-9(11)10-7/h3-4,6H,1-2H3.